The van der Waals surface area contributed by atoms with Gasteiger partial charge in [-0.2, -0.15) is 0 Å². The number of hydrogen-bond acceptors (Lipinski definition) is 1. The van der Waals surface area contributed by atoms with E-state index in [-0.39, 0.29) is 5.60 Å². The molecule has 27 heavy (non-hydrogen) atoms. The normalized spacial score (nSPS) is 17.0. The first-order chi connectivity index (χ1) is 12.6. The van der Waals surface area contributed by atoms with E-state index in [1.54, 1.807) is 5.57 Å². The van der Waals surface area contributed by atoms with Gasteiger partial charge in [-0.25, -0.2) is 0 Å². The molecule has 160 valence electrons. The van der Waals surface area contributed by atoms with Crippen molar-refractivity contribution in [3.63, 3.8) is 0 Å². The average Bonchev–Trinajstić information content (AvgIpc) is 2.59. The molecule has 0 radical (unpaired) electrons. The molecule has 0 rings (SSSR count). The first-order valence-corrected chi connectivity index (χ1v) is 11.5. The number of rotatable bonds is 16. The third-order valence-electron chi connectivity index (χ3n) is 6.02. The summed E-state index contributed by atoms with van der Waals surface area (Å²) in [5, 5.41) is 0. The minimum absolute atomic E-state index is 0.0255. The Kier molecular flexibility index (Phi) is 14.1. The molecule has 0 N–H and O–H groups in total. The summed E-state index contributed by atoms with van der Waals surface area (Å²) in [6, 6.07) is 0. The lowest BCUT2D eigenvalue weighted by Gasteiger charge is -2.28. The average molecular weight is 379 g/mol. The lowest BCUT2D eigenvalue weighted by atomic mass is 9.86. The highest BCUT2D eigenvalue weighted by Crippen LogP contribution is 2.28. The molecule has 0 aliphatic carbocycles. The fourth-order valence-corrected chi connectivity index (χ4v) is 3.87. The van der Waals surface area contributed by atoms with Crippen LogP contribution in [0.1, 0.15) is 113 Å². The van der Waals surface area contributed by atoms with Crippen LogP contribution < -0.4 is 0 Å². The Morgan fingerprint density at radius 2 is 1.70 bits per heavy atom. The summed E-state index contributed by atoms with van der Waals surface area (Å²) in [6.07, 6.45) is 15.1. The van der Waals surface area contributed by atoms with Gasteiger partial charge in [0.2, 0.25) is 0 Å². The fourth-order valence-electron chi connectivity index (χ4n) is 3.87. The smallest absolute Gasteiger partial charge is 0.0687 e. The van der Waals surface area contributed by atoms with Crippen molar-refractivity contribution in [3.8, 4) is 0 Å². The second-order valence-electron chi connectivity index (χ2n) is 9.77. The summed E-state index contributed by atoms with van der Waals surface area (Å²) < 4.78 is 5.75. The molecule has 1 nitrogen and oxygen atoms in total. The van der Waals surface area contributed by atoms with Gasteiger partial charge in [-0.15, -0.1) is 6.58 Å². The van der Waals surface area contributed by atoms with Gasteiger partial charge in [0.05, 0.1) is 5.60 Å². The standard InChI is InChI=1S/C26H50O/c1-10-23(6)16-17-25(19-21(2)3)24(7)15-13-11-12-14-18-26(8,27-9)20-22(4)5/h17,21,23-24H,4,10-16,18-20H2,1-3,5-9H3/b25-17-. The first-order valence-electron chi connectivity index (χ1n) is 11.5. The number of hydrogen-bond donors (Lipinski definition) is 0. The molecule has 0 bridgehead atoms. The van der Waals surface area contributed by atoms with Crippen LogP contribution in [0.15, 0.2) is 23.8 Å². The molecule has 0 fully saturated rings. The molecular formula is C26H50O. The van der Waals surface area contributed by atoms with Gasteiger partial charge in [-0.1, -0.05) is 83.9 Å². The number of unbranched alkanes of at least 4 members (excludes halogenated alkanes) is 3. The Balaban J connectivity index is 4.26. The lowest BCUT2D eigenvalue weighted by Crippen LogP contribution is -2.27. The Morgan fingerprint density at radius 3 is 2.22 bits per heavy atom. The topological polar surface area (TPSA) is 9.23 Å². The Labute approximate surface area is 172 Å². The maximum Gasteiger partial charge on any atom is 0.0687 e. The molecule has 3 atom stereocenters. The van der Waals surface area contributed by atoms with Gasteiger partial charge < -0.3 is 4.74 Å². The van der Waals surface area contributed by atoms with Crippen LogP contribution in [-0.4, -0.2) is 12.7 Å². The van der Waals surface area contributed by atoms with Crippen LogP contribution in [-0.2, 0) is 4.74 Å². The van der Waals surface area contributed by atoms with E-state index in [0.29, 0.717) is 0 Å². The highest BCUT2D eigenvalue weighted by atomic mass is 16.5. The van der Waals surface area contributed by atoms with E-state index in [1.807, 2.05) is 7.11 Å². The molecular weight excluding hydrogens is 328 g/mol. The molecule has 0 aliphatic heterocycles. The summed E-state index contributed by atoms with van der Waals surface area (Å²) in [7, 11) is 1.84. The maximum atomic E-state index is 5.75. The summed E-state index contributed by atoms with van der Waals surface area (Å²) >= 11 is 0. The highest BCUT2D eigenvalue weighted by molar-refractivity contribution is 5.07. The zero-order valence-corrected chi connectivity index (χ0v) is 20.0. The third-order valence-corrected chi connectivity index (χ3v) is 6.02. The zero-order valence-electron chi connectivity index (χ0n) is 20.0. The minimum atomic E-state index is -0.0255. The number of methoxy groups -OCH3 is 1. The van der Waals surface area contributed by atoms with Crippen LogP contribution >= 0.6 is 0 Å². The molecule has 0 spiro atoms. The van der Waals surface area contributed by atoms with Crippen molar-refractivity contribution in [3.05, 3.63) is 23.8 Å². The Hall–Kier alpha value is -0.560. The second kappa shape index (κ2) is 14.4. The van der Waals surface area contributed by atoms with Crippen molar-refractivity contribution < 1.29 is 4.74 Å². The van der Waals surface area contributed by atoms with E-state index in [1.165, 1.54) is 56.9 Å². The molecule has 0 heterocycles. The summed E-state index contributed by atoms with van der Waals surface area (Å²) in [6.45, 7) is 20.2. The van der Waals surface area contributed by atoms with Crippen LogP contribution in [0, 0.1) is 17.8 Å². The molecule has 0 aromatic heterocycles. The quantitative estimate of drug-likeness (QED) is 0.193. The van der Waals surface area contributed by atoms with E-state index < -0.39 is 0 Å². The van der Waals surface area contributed by atoms with Crippen molar-refractivity contribution in [2.45, 2.75) is 118 Å². The molecule has 0 aliphatic rings. The largest absolute Gasteiger partial charge is 0.378 e. The molecule has 0 aromatic rings. The van der Waals surface area contributed by atoms with Gasteiger partial charge in [0.15, 0.2) is 0 Å². The lowest BCUT2D eigenvalue weighted by molar-refractivity contribution is -0.00261. The van der Waals surface area contributed by atoms with Gasteiger partial charge in [-0.3, -0.25) is 0 Å². The van der Waals surface area contributed by atoms with Crippen LogP contribution in [0.3, 0.4) is 0 Å². The van der Waals surface area contributed by atoms with Crippen LogP contribution in [0.25, 0.3) is 0 Å². The monoisotopic (exact) mass is 378 g/mol. The van der Waals surface area contributed by atoms with Crippen molar-refractivity contribution in [1.82, 2.24) is 0 Å². The van der Waals surface area contributed by atoms with Crippen molar-refractivity contribution in [2.75, 3.05) is 7.11 Å². The van der Waals surface area contributed by atoms with E-state index in [0.717, 1.165) is 30.6 Å². The minimum Gasteiger partial charge on any atom is -0.378 e. The maximum absolute atomic E-state index is 5.75. The molecule has 3 unspecified atom stereocenters. The summed E-state index contributed by atoms with van der Waals surface area (Å²) in [5.74, 6) is 2.31. The molecule has 0 amide bonds. The molecule has 1 heteroatoms. The predicted octanol–water partition coefficient (Wildman–Crippen LogP) is 8.74. The fraction of sp³-hybridized carbons (Fsp3) is 0.846. The van der Waals surface area contributed by atoms with Crippen LogP contribution in [0.4, 0.5) is 0 Å². The van der Waals surface area contributed by atoms with Crippen molar-refractivity contribution in [1.29, 1.82) is 0 Å². The summed E-state index contributed by atoms with van der Waals surface area (Å²) in [4.78, 5) is 0. The van der Waals surface area contributed by atoms with Crippen LogP contribution in [0.5, 0.6) is 0 Å². The van der Waals surface area contributed by atoms with E-state index in [9.17, 15) is 0 Å². The molecule has 0 saturated heterocycles. The van der Waals surface area contributed by atoms with E-state index in [2.05, 4.69) is 61.1 Å². The van der Waals surface area contributed by atoms with Gasteiger partial charge in [0.25, 0.3) is 0 Å². The number of allylic oxidation sites excluding steroid dienone is 2. The van der Waals surface area contributed by atoms with Gasteiger partial charge >= 0.3 is 0 Å². The van der Waals surface area contributed by atoms with Crippen LogP contribution in [0.2, 0.25) is 0 Å². The Morgan fingerprint density at radius 1 is 1.07 bits per heavy atom. The van der Waals surface area contributed by atoms with Crippen molar-refractivity contribution in [2.24, 2.45) is 17.8 Å². The predicted molar refractivity (Wildman–Crippen MR) is 123 cm³/mol. The first kappa shape index (κ1) is 26.4. The molecule has 0 saturated carbocycles. The second-order valence-corrected chi connectivity index (χ2v) is 9.77. The third kappa shape index (κ3) is 13.3. The zero-order chi connectivity index (χ0) is 20.9. The van der Waals surface area contributed by atoms with Gasteiger partial charge in [-0.05, 0) is 63.7 Å². The SMILES string of the molecule is C=C(C)CC(C)(CCCCCCC(C)/C(=C\CC(C)CC)CC(C)C)OC. The Bertz CT molecular complexity index is 420. The van der Waals surface area contributed by atoms with Gasteiger partial charge in [0.1, 0.15) is 0 Å². The van der Waals surface area contributed by atoms with E-state index in [4.69, 9.17) is 4.74 Å². The summed E-state index contributed by atoms with van der Waals surface area (Å²) in [5.41, 5.74) is 2.90. The van der Waals surface area contributed by atoms with Gasteiger partial charge in [0, 0.05) is 7.11 Å². The number of ether oxygens (including phenoxy) is 1. The van der Waals surface area contributed by atoms with E-state index >= 15 is 0 Å². The highest BCUT2D eigenvalue weighted by Gasteiger charge is 2.22. The van der Waals surface area contributed by atoms with Crippen molar-refractivity contribution >= 4 is 0 Å². The molecule has 0 aromatic carbocycles.